The fourth-order valence-corrected chi connectivity index (χ4v) is 1.48. The zero-order chi connectivity index (χ0) is 14.6. The minimum absolute atomic E-state index is 0.461. The van der Waals surface area contributed by atoms with E-state index in [2.05, 4.69) is 34.7 Å². The molecule has 0 saturated heterocycles. The highest BCUT2D eigenvalue weighted by Crippen LogP contribution is 2.05. The second-order valence-corrected chi connectivity index (χ2v) is 4.91. The SMILES string of the molecule is COCCOCCCNc1nnc(CNCC(C)C)o1. The van der Waals surface area contributed by atoms with Crippen LogP contribution in [0.15, 0.2) is 4.42 Å². The first-order chi connectivity index (χ1) is 9.72. The molecule has 1 heterocycles. The average molecular weight is 286 g/mol. The van der Waals surface area contributed by atoms with Crippen molar-refractivity contribution in [3.05, 3.63) is 5.89 Å². The van der Waals surface area contributed by atoms with Crippen molar-refractivity contribution in [2.24, 2.45) is 5.92 Å². The second kappa shape index (κ2) is 10.6. The number of nitrogens with one attached hydrogen (secondary N) is 2. The van der Waals surface area contributed by atoms with Gasteiger partial charge in [-0.2, -0.15) is 0 Å². The van der Waals surface area contributed by atoms with Crippen LogP contribution in [0.1, 0.15) is 26.2 Å². The molecular weight excluding hydrogens is 260 g/mol. The lowest BCUT2D eigenvalue weighted by atomic mass is 10.2. The van der Waals surface area contributed by atoms with Gasteiger partial charge in [0.05, 0.1) is 19.8 Å². The lowest BCUT2D eigenvalue weighted by Crippen LogP contribution is -2.19. The predicted octanol–water partition coefficient (Wildman–Crippen LogP) is 1.28. The van der Waals surface area contributed by atoms with Crippen LogP contribution in [0.25, 0.3) is 0 Å². The summed E-state index contributed by atoms with van der Waals surface area (Å²) in [6.45, 7) is 8.54. The van der Waals surface area contributed by atoms with Crippen LogP contribution >= 0.6 is 0 Å². The summed E-state index contributed by atoms with van der Waals surface area (Å²) in [5.41, 5.74) is 0. The summed E-state index contributed by atoms with van der Waals surface area (Å²) in [6, 6.07) is 0.461. The number of anilines is 1. The van der Waals surface area contributed by atoms with E-state index in [0.717, 1.165) is 19.5 Å². The Morgan fingerprint density at radius 1 is 1.20 bits per heavy atom. The van der Waals surface area contributed by atoms with Crippen LogP contribution in [0.4, 0.5) is 6.01 Å². The Kier molecular flexibility index (Phi) is 8.93. The highest BCUT2D eigenvalue weighted by molar-refractivity contribution is 5.16. The van der Waals surface area contributed by atoms with Crippen LogP contribution < -0.4 is 10.6 Å². The van der Waals surface area contributed by atoms with Gasteiger partial charge in [-0.25, -0.2) is 0 Å². The molecule has 20 heavy (non-hydrogen) atoms. The van der Waals surface area contributed by atoms with Crippen LogP contribution in [0, 0.1) is 5.92 Å². The monoisotopic (exact) mass is 286 g/mol. The van der Waals surface area contributed by atoms with Gasteiger partial charge in [0.25, 0.3) is 0 Å². The number of hydrogen-bond donors (Lipinski definition) is 2. The third-order valence-corrected chi connectivity index (χ3v) is 2.47. The quantitative estimate of drug-likeness (QED) is 0.560. The highest BCUT2D eigenvalue weighted by atomic mass is 16.5. The molecule has 0 amide bonds. The van der Waals surface area contributed by atoms with E-state index < -0.39 is 0 Å². The van der Waals surface area contributed by atoms with Crippen molar-refractivity contribution in [1.82, 2.24) is 15.5 Å². The topological polar surface area (TPSA) is 81.4 Å². The van der Waals surface area contributed by atoms with E-state index in [4.69, 9.17) is 13.9 Å². The molecule has 1 rings (SSSR count). The molecule has 0 aliphatic rings. The Bertz CT molecular complexity index is 344. The molecule has 1 aromatic rings. The molecule has 0 spiro atoms. The van der Waals surface area contributed by atoms with Crippen LogP contribution in [0.5, 0.6) is 0 Å². The number of aromatic nitrogens is 2. The van der Waals surface area contributed by atoms with Gasteiger partial charge in [-0.15, -0.1) is 5.10 Å². The van der Waals surface area contributed by atoms with Gasteiger partial charge in [-0.05, 0) is 18.9 Å². The molecule has 0 atom stereocenters. The van der Waals surface area contributed by atoms with Gasteiger partial charge >= 0.3 is 6.01 Å². The lowest BCUT2D eigenvalue weighted by Gasteiger charge is -2.04. The van der Waals surface area contributed by atoms with Crippen molar-refractivity contribution in [1.29, 1.82) is 0 Å². The first kappa shape index (κ1) is 16.9. The van der Waals surface area contributed by atoms with E-state index in [9.17, 15) is 0 Å². The molecule has 0 saturated carbocycles. The van der Waals surface area contributed by atoms with Crippen LogP contribution in [0.2, 0.25) is 0 Å². The van der Waals surface area contributed by atoms with Gasteiger partial charge < -0.3 is 24.5 Å². The molecule has 0 aliphatic heterocycles. The molecule has 1 aromatic heterocycles. The molecule has 0 radical (unpaired) electrons. The number of nitrogens with zero attached hydrogens (tertiary/aromatic N) is 2. The third-order valence-electron chi connectivity index (χ3n) is 2.47. The van der Waals surface area contributed by atoms with Gasteiger partial charge in [0.2, 0.25) is 5.89 Å². The Morgan fingerprint density at radius 2 is 2.05 bits per heavy atom. The molecule has 0 aliphatic carbocycles. The fourth-order valence-electron chi connectivity index (χ4n) is 1.48. The van der Waals surface area contributed by atoms with Gasteiger partial charge in [0.1, 0.15) is 0 Å². The normalized spacial score (nSPS) is 11.2. The minimum Gasteiger partial charge on any atom is -0.407 e. The Hall–Kier alpha value is -1.18. The van der Waals surface area contributed by atoms with Crippen molar-refractivity contribution in [3.8, 4) is 0 Å². The number of methoxy groups -OCH3 is 1. The Labute approximate surface area is 120 Å². The van der Waals surface area contributed by atoms with Gasteiger partial charge in [-0.1, -0.05) is 18.9 Å². The van der Waals surface area contributed by atoms with E-state index >= 15 is 0 Å². The summed E-state index contributed by atoms with van der Waals surface area (Å²) in [6.07, 6.45) is 0.882. The fraction of sp³-hybridized carbons (Fsp3) is 0.846. The maximum Gasteiger partial charge on any atom is 0.315 e. The molecular formula is C13H26N4O3. The Morgan fingerprint density at radius 3 is 2.80 bits per heavy atom. The summed E-state index contributed by atoms with van der Waals surface area (Å²) < 4.78 is 15.7. The summed E-state index contributed by atoms with van der Waals surface area (Å²) >= 11 is 0. The molecule has 116 valence electrons. The Balaban J connectivity index is 2.05. The lowest BCUT2D eigenvalue weighted by molar-refractivity contribution is 0.0705. The van der Waals surface area contributed by atoms with Crippen molar-refractivity contribution in [3.63, 3.8) is 0 Å². The second-order valence-electron chi connectivity index (χ2n) is 4.91. The number of rotatable bonds is 12. The minimum atomic E-state index is 0.461. The van der Waals surface area contributed by atoms with E-state index in [1.54, 1.807) is 7.11 Å². The molecule has 7 heteroatoms. The summed E-state index contributed by atoms with van der Waals surface area (Å²) in [5, 5.41) is 14.2. The first-order valence-electron chi connectivity index (χ1n) is 7.06. The van der Waals surface area contributed by atoms with Crippen molar-refractivity contribution in [2.75, 3.05) is 45.3 Å². The summed E-state index contributed by atoms with van der Waals surface area (Å²) in [7, 11) is 1.66. The maximum absolute atomic E-state index is 5.45. The third kappa shape index (κ3) is 8.08. The van der Waals surface area contributed by atoms with E-state index in [1.807, 2.05) is 0 Å². The van der Waals surface area contributed by atoms with Crippen molar-refractivity contribution < 1.29 is 13.9 Å². The van der Waals surface area contributed by atoms with E-state index in [0.29, 0.717) is 44.2 Å². The standard InChI is InChI=1S/C13H26N4O3/c1-11(2)9-14-10-12-16-17-13(20-12)15-5-4-6-19-8-7-18-3/h11,14H,4-10H2,1-3H3,(H,15,17). The van der Waals surface area contributed by atoms with Crippen LogP contribution in [-0.4, -0.2) is 50.2 Å². The number of hydrogen-bond acceptors (Lipinski definition) is 7. The van der Waals surface area contributed by atoms with Gasteiger partial charge in [0.15, 0.2) is 0 Å². The molecule has 0 unspecified atom stereocenters. The summed E-state index contributed by atoms with van der Waals surface area (Å²) in [4.78, 5) is 0. The largest absolute Gasteiger partial charge is 0.407 e. The highest BCUT2D eigenvalue weighted by Gasteiger charge is 2.05. The van der Waals surface area contributed by atoms with Crippen LogP contribution in [0.3, 0.4) is 0 Å². The molecule has 0 aromatic carbocycles. The number of ether oxygens (including phenoxy) is 2. The molecule has 2 N–H and O–H groups in total. The van der Waals surface area contributed by atoms with Crippen molar-refractivity contribution >= 4 is 6.01 Å². The first-order valence-corrected chi connectivity index (χ1v) is 7.06. The van der Waals surface area contributed by atoms with Gasteiger partial charge in [0, 0.05) is 20.3 Å². The predicted molar refractivity (Wildman–Crippen MR) is 76.6 cm³/mol. The zero-order valence-corrected chi connectivity index (χ0v) is 12.6. The maximum atomic E-state index is 5.45. The van der Waals surface area contributed by atoms with E-state index in [-0.39, 0.29) is 0 Å². The van der Waals surface area contributed by atoms with Crippen LogP contribution in [-0.2, 0) is 16.0 Å². The van der Waals surface area contributed by atoms with Gasteiger partial charge in [-0.3, -0.25) is 0 Å². The average Bonchev–Trinajstić information content (AvgIpc) is 2.85. The smallest absolute Gasteiger partial charge is 0.315 e. The van der Waals surface area contributed by atoms with Crippen molar-refractivity contribution in [2.45, 2.75) is 26.8 Å². The summed E-state index contributed by atoms with van der Waals surface area (Å²) in [5.74, 6) is 1.21. The zero-order valence-electron chi connectivity index (χ0n) is 12.6. The molecule has 7 nitrogen and oxygen atoms in total. The van der Waals surface area contributed by atoms with E-state index in [1.165, 1.54) is 0 Å². The molecule has 0 bridgehead atoms. The molecule has 0 fully saturated rings.